The minimum atomic E-state index is -0.167. The summed E-state index contributed by atoms with van der Waals surface area (Å²) in [5, 5.41) is 2.96. The molecule has 1 aliphatic rings. The second-order valence-corrected chi connectivity index (χ2v) is 7.06. The summed E-state index contributed by atoms with van der Waals surface area (Å²) in [5.74, 6) is 1.58. The zero-order chi connectivity index (χ0) is 20.2. The maximum atomic E-state index is 12.9. The molecule has 0 aliphatic carbocycles. The van der Waals surface area contributed by atoms with E-state index < -0.39 is 0 Å². The fourth-order valence-electron chi connectivity index (χ4n) is 3.43. The monoisotopic (exact) mass is 388 g/mol. The molecule has 0 bridgehead atoms. The van der Waals surface area contributed by atoms with Gasteiger partial charge in [-0.1, -0.05) is 29.8 Å². The van der Waals surface area contributed by atoms with Crippen LogP contribution in [0.5, 0.6) is 5.75 Å². The van der Waals surface area contributed by atoms with Gasteiger partial charge in [0.1, 0.15) is 5.75 Å². The Morgan fingerprint density at radius 3 is 2.55 bits per heavy atom. The average Bonchev–Trinajstić information content (AvgIpc) is 2.76. The van der Waals surface area contributed by atoms with Crippen LogP contribution in [-0.4, -0.2) is 31.2 Å². The second kappa shape index (κ2) is 8.22. The van der Waals surface area contributed by atoms with Crippen LogP contribution in [-0.2, 0) is 6.54 Å². The fourth-order valence-corrected chi connectivity index (χ4v) is 3.43. The van der Waals surface area contributed by atoms with Crippen molar-refractivity contribution in [2.24, 2.45) is 0 Å². The van der Waals surface area contributed by atoms with E-state index in [0.717, 1.165) is 29.5 Å². The van der Waals surface area contributed by atoms with E-state index in [4.69, 9.17) is 4.74 Å². The number of rotatable bonds is 4. The Kier molecular flexibility index (Phi) is 5.33. The van der Waals surface area contributed by atoms with Gasteiger partial charge in [0.15, 0.2) is 5.82 Å². The van der Waals surface area contributed by atoms with Gasteiger partial charge in [-0.05, 0) is 48.9 Å². The first-order chi connectivity index (χ1) is 14.1. The number of ether oxygens (including phenoxy) is 1. The highest BCUT2D eigenvalue weighted by Gasteiger charge is 2.27. The van der Waals surface area contributed by atoms with Crippen molar-refractivity contribution in [1.82, 2.24) is 4.98 Å². The van der Waals surface area contributed by atoms with Crippen molar-refractivity contribution in [3.05, 3.63) is 78.0 Å². The Hall–Kier alpha value is -3.54. The number of methoxy groups -OCH3 is 1. The fraction of sp³-hybridized carbons (Fsp3) is 0.217. The number of aromatic nitrogens is 1. The summed E-state index contributed by atoms with van der Waals surface area (Å²) in [7, 11) is 1.62. The van der Waals surface area contributed by atoms with E-state index in [2.05, 4.69) is 46.4 Å². The number of urea groups is 1. The quantitative estimate of drug-likeness (QED) is 0.717. The zero-order valence-corrected chi connectivity index (χ0v) is 16.6. The molecule has 0 atom stereocenters. The highest BCUT2D eigenvalue weighted by atomic mass is 16.5. The number of nitrogens with one attached hydrogen (secondary N) is 1. The van der Waals surface area contributed by atoms with E-state index in [1.807, 2.05) is 36.4 Å². The first kappa shape index (κ1) is 18.8. The molecular formula is C23H24N4O2. The number of anilines is 3. The molecule has 6 heteroatoms. The highest BCUT2D eigenvalue weighted by Crippen LogP contribution is 2.32. The van der Waals surface area contributed by atoms with Gasteiger partial charge in [0.05, 0.1) is 12.8 Å². The molecule has 2 aromatic carbocycles. The summed E-state index contributed by atoms with van der Waals surface area (Å²) in [6.07, 6.45) is 1.77. The molecule has 0 spiro atoms. The van der Waals surface area contributed by atoms with Crippen LogP contribution in [0.25, 0.3) is 0 Å². The number of carbonyl (C=O) groups excluding carboxylic acids is 1. The van der Waals surface area contributed by atoms with E-state index >= 15 is 0 Å². The number of hydrogen-bond acceptors (Lipinski definition) is 4. The van der Waals surface area contributed by atoms with Crippen LogP contribution >= 0.6 is 0 Å². The summed E-state index contributed by atoms with van der Waals surface area (Å²) in [5.41, 5.74) is 4.01. The number of amides is 2. The summed E-state index contributed by atoms with van der Waals surface area (Å²) in [6, 6.07) is 19.5. The number of hydrogen-bond donors (Lipinski definition) is 1. The lowest BCUT2D eigenvalue weighted by atomic mass is 10.1. The molecule has 6 nitrogen and oxygen atoms in total. The first-order valence-corrected chi connectivity index (χ1v) is 9.62. The van der Waals surface area contributed by atoms with E-state index in [1.165, 1.54) is 11.1 Å². The van der Waals surface area contributed by atoms with Gasteiger partial charge < -0.3 is 15.0 Å². The van der Waals surface area contributed by atoms with Crippen LogP contribution in [0.1, 0.15) is 11.1 Å². The maximum Gasteiger partial charge on any atom is 0.326 e. The molecule has 29 heavy (non-hydrogen) atoms. The molecule has 2 heterocycles. The smallest absolute Gasteiger partial charge is 0.326 e. The minimum Gasteiger partial charge on any atom is -0.497 e. The Morgan fingerprint density at radius 2 is 1.83 bits per heavy atom. The number of benzene rings is 2. The Labute approximate surface area is 170 Å². The SMILES string of the molecule is COc1ccc(NC(=O)N2CCN(Cc3ccc(C)cc3)c3ncccc32)cc1. The van der Waals surface area contributed by atoms with Gasteiger partial charge >= 0.3 is 6.03 Å². The standard InChI is InChI=1S/C23H24N4O2/c1-17-5-7-18(8-6-17)16-26-14-15-27(21-4-3-13-24-22(21)26)23(28)25-19-9-11-20(29-2)12-10-19/h3-13H,14-16H2,1-2H3,(H,25,28). The third-order valence-corrected chi connectivity index (χ3v) is 5.03. The van der Waals surface area contributed by atoms with E-state index in [1.54, 1.807) is 18.2 Å². The van der Waals surface area contributed by atoms with Crippen LogP contribution in [0.4, 0.5) is 22.0 Å². The Bertz CT molecular complexity index is 987. The molecular weight excluding hydrogens is 364 g/mol. The molecule has 0 saturated heterocycles. The van der Waals surface area contributed by atoms with Gasteiger partial charge in [0.25, 0.3) is 0 Å². The largest absolute Gasteiger partial charge is 0.497 e. The van der Waals surface area contributed by atoms with Crippen molar-refractivity contribution in [1.29, 1.82) is 0 Å². The molecule has 0 fully saturated rings. The molecule has 3 aromatic rings. The number of nitrogens with zero attached hydrogens (tertiary/aromatic N) is 3. The van der Waals surface area contributed by atoms with Gasteiger partial charge in [-0.15, -0.1) is 0 Å². The predicted molar refractivity (Wildman–Crippen MR) is 116 cm³/mol. The third kappa shape index (κ3) is 4.16. The highest BCUT2D eigenvalue weighted by molar-refractivity contribution is 6.04. The Morgan fingerprint density at radius 1 is 1.07 bits per heavy atom. The van der Waals surface area contributed by atoms with Crippen molar-refractivity contribution in [2.45, 2.75) is 13.5 Å². The molecule has 1 aliphatic heterocycles. The summed E-state index contributed by atoms with van der Waals surface area (Å²) in [4.78, 5) is 21.5. The lowest BCUT2D eigenvalue weighted by Gasteiger charge is -2.36. The van der Waals surface area contributed by atoms with Crippen LogP contribution < -0.4 is 19.9 Å². The van der Waals surface area contributed by atoms with E-state index in [-0.39, 0.29) is 6.03 Å². The first-order valence-electron chi connectivity index (χ1n) is 9.62. The van der Waals surface area contributed by atoms with Crippen molar-refractivity contribution >= 4 is 23.2 Å². The zero-order valence-electron chi connectivity index (χ0n) is 16.6. The van der Waals surface area contributed by atoms with E-state index in [0.29, 0.717) is 13.1 Å². The molecule has 0 radical (unpaired) electrons. The summed E-state index contributed by atoms with van der Waals surface area (Å²) in [6.45, 7) is 4.15. The lowest BCUT2D eigenvalue weighted by Crippen LogP contribution is -2.46. The maximum absolute atomic E-state index is 12.9. The molecule has 1 aromatic heterocycles. The molecule has 2 amide bonds. The van der Waals surface area contributed by atoms with Crippen molar-refractivity contribution in [2.75, 3.05) is 35.3 Å². The number of fused-ring (bicyclic) bond motifs is 1. The molecule has 4 rings (SSSR count). The van der Waals surface area contributed by atoms with Crippen LogP contribution in [0.15, 0.2) is 66.9 Å². The van der Waals surface area contributed by atoms with Gasteiger partial charge in [-0.3, -0.25) is 4.90 Å². The Balaban J connectivity index is 1.52. The molecule has 148 valence electrons. The average molecular weight is 388 g/mol. The van der Waals surface area contributed by atoms with Crippen molar-refractivity contribution in [3.8, 4) is 5.75 Å². The molecule has 1 N–H and O–H groups in total. The third-order valence-electron chi connectivity index (χ3n) is 5.03. The minimum absolute atomic E-state index is 0.167. The number of pyridine rings is 1. The number of aryl methyl sites for hydroxylation is 1. The van der Waals surface area contributed by atoms with Gasteiger partial charge in [0.2, 0.25) is 0 Å². The van der Waals surface area contributed by atoms with Crippen LogP contribution in [0.3, 0.4) is 0 Å². The van der Waals surface area contributed by atoms with Gasteiger partial charge in [0, 0.05) is 31.5 Å². The normalized spacial score (nSPS) is 13.0. The van der Waals surface area contributed by atoms with Crippen LogP contribution in [0.2, 0.25) is 0 Å². The van der Waals surface area contributed by atoms with Gasteiger partial charge in [-0.2, -0.15) is 0 Å². The summed E-state index contributed by atoms with van der Waals surface area (Å²) < 4.78 is 5.17. The van der Waals surface area contributed by atoms with Crippen molar-refractivity contribution in [3.63, 3.8) is 0 Å². The van der Waals surface area contributed by atoms with Gasteiger partial charge in [-0.25, -0.2) is 9.78 Å². The van der Waals surface area contributed by atoms with Crippen LogP contribution in [0, 0.1) is 6.92 Å². The molecule has 0 saturated carbocycles. The summed E-state index contributed by atoms with van der Waals surface area (Å²) >= 11 is 0. The second-order valence-electron chi connectivity index (χ2n) is 7.06. The lowest BCUT2D eigenvalue weighted by molar-refractivity contribution is 0.256. The topological polar surface area (TPSA) is 57.7 Å². The van der Waals surface area contributed by atoms with Crippen molar-refractivity contribution < 1.29 is 9.53 Å². The van der Waals surface area contributed by atoms with E-state index in [9.17, 15) is 4.79 Å². The predicted octanol–water partition coefficient (Wildman–Crippen LogP) is 4.46. The molecule has 0 unspecified atom stereocenters. The number of carbonyl (C=O) groups is 1.